The minimum Gasteiger partial charge on any atom is -0.307 e. The number of hydrogen-bond donors (Lipinski definition) is 0. The summed E-state index contributed by atoms with van der Waals surface area (Å²) in [6.07, 6.45) is 7.33. The highest BCUT2D eigenvalue weighted by Crippen LogP contribution is 2.39. The van der Waals surface area contributed by atoms with Gasteiger partial charge in [0.05, 0.1) is 5.69 Å². The summed E-state index contributed by atoms with van der Waals surface area (Å²) in [5.74, 6) is 1.23. The summed E-state index contributed by atoms with van der Waals surface area (Å²) in [5, 5.41) is 0.541. The molecule has 1 atom stereocenters. The van der Waals surface area contributed by atoms with Crippen molar-refractivity contribution in [2.75, 3.05) is 5.75 Å². The molecule has 1 aliphatic rings. The van der Waals surface area contributed by atoms with Gasteiger partial charge in [-0.25, -0.2) is 4.98 Å². The highest BCUT2D eigenvalue weighted by atomic mass is 32.2. The fraction of sp³-hybridized carbons (Fsp3) is 0.333. The van der Waals surface area contributed by atoms with Gasteiger partial charge < -0.3 is 4.40 Å². The molecule has 1 aliphatic heterocycles. The molecule has 3 rings (SSSR count). The van der Waals surface area contributed by atoms with Crippen LogP contribution in [0.1, 0.15) is 34.1 Å². The van der Waals surface area contributed by atoms with E-state index in [0.29, 0.717) is 10.8 Å². The first kappa shape index (κ1) is 9.90. The zero-order valence-corrected chi connectivity index (χ0v) is 9.61. The Hall–Kier alpha value is -1.29. The van der Waals surface area contributed by atoms with Crippen LogP contribution in [-0.4, -0.2) is 21.4 Å². The van der Waals surface area contributed by atoms with Crippen molar-refractivity contribution >= 4 is 23.7 Å². The second-order valence-corrected chi connectivity index (χ2v) is 5.32. The molecule has 16 heavy (non-hydrogen) atoms. The van der Waals surface area contributed by atoms with Gasteiger partial charge in [-0.15, -0.1) is 0 Å². The van der Waals surface area contributed by atoms with Crippen molar-refractivity contribution in [2.24, 2.45) is 0 Å². The molecular formula is C12H12N2OS. The maximum Gasteiger partial charge on any atom is 0.150 e. The van der Waals surface area contributed by atoms with Gasteiger partial charge in [-0.3, -0.25) is 4.79 Å². The molecule has 0 spiro atoms. The molecule has 82 valence electrons. The second kappa shape index (κ2) is 3.94. The van der Waals surface area contributed by atoms with E-state index in [2.05, 4.69) is 11.2 Å². The molecular weight excluding hydrogens is 220 g/mol. The Bertz CT molecular complexity index is 529. The van der Waals surface area contributed by atoms with Crippen molar-refractivity contribution in [2.45, 2.75) is 18.1 Å². The van der Waals surface area contributed by atoms with Gasteiger partial charge in [0, 0.05) is 23.2 Å². The first-order valence-electron chi connectivity index (χ1n) is 5.42. The highest BCUT2D eigenvalue weighted by Gasteiger charge is 2.20. The van der Waals surface area contributed by atoms with E-state index in [1.54, 1.807) is 0 Å². The summed E-state index contributed by atoms with van der Waals surface area (Å²) in [5.41, 5.74) is 2.70. The molecule has 1 fully saturated rings. The molecule has 0 N–H and O–H groups in total. The maximum absolute atomic E-state index is 10.7. The van der Waals surface area contributed by atoms with E-state index < -0.39 is 0 Å². The van der Waals surface area contributed by atoms with Crippen molar-refractivity contribution < 1.29 is 4.79 Å². The summed E-state index contributed by atoms with van der Waals surface area (Å²) >= 11 is 1.98. The average molecular weight is 232 g/mol. The third kappa shape index (κ3) is 1.63. The van der Waals surface area contributed by atoms with Crippen molar-refractivity contribution in [1.29, 1.82) is 0 Å². The number of fused-ring (bicyclic) bond motifs is 1. The Morgan fingerprint density at radius 2 is 2.50 bits per heavy atom. The molecule has 0 bridgehead atoms. The van der Waals surface area contributed by atoms with Crippen LogP contribution in [0.4, 0.5) is 0 Å². The van der Waals surface area contributed by atoms with Crippen LogP contribution >= 0.6 is 11.8 Å². The summed E-state index contributed by atoms with van der Waals surface area (Å²) < 4.78 is 1.99. The highest BCUT2D eigenvalue weighted by molar-refractivity contribution is 7.99. The number of carbonyl (C=O) groups excluding carboxylic acids is 1. The number of pyridine rings is 1. The summed E-state index contributed by atoms with van der Waals surface area (Å²) in [7, 11) is 0. The molecule has 0 aromatic carbocycles. The second-order valence-electron chi connectivity index (χ2n) is 4.01. The Morgan fingerprint density at radius 1 is 1.56 bits per heavy atom. The third-order valence-electron chi connectivity index (χ3n) is 2.90. The predicted molar refractivity (Wildman–Crippen MR) is 65.0 cm³/mol. The van der Waals surface area contributed by atoms with E-state index in [4.69, 9.17) is 0 Å². The van der Waals surface area contributed by atoms with Crippen LogP contribution < -0.4 is 0 Å². The van der Waals surface area contributed by atoms with Crippen LogP contribution in [0.3, 0.4) is 0 Å². The maximum atomic E-state index is 10.7. The molecule has 2 aromatic rings. The van der Waals surface area contributed by atoms with Gasteiger partial charge in [0.1, 0.15) is 11.9 Å². The quantitative estimate of drug-likeness (QED) is 0.747. The van der Waals surface area contributed by atoms with Crippen LogP contribution in [0.25, 0.3) is 5.65 Å². The molecule has 3 nitrogen and oxygen atoms in total. The monoisotopic (exact) mass is 232 g/mol. The van der Waals surface area contributed by atoms with Crippen LogP contribution in [0.2, 0.25) is 0 Å². The number of thioether (sulfide) groups is 1. The normalized spacial score (nSPS) is 20.4. The van der Waals surface area contributed by atoms with Gasteiger partial charge in [-0.05, 0) is 30.7 Å². The van der Waals surface area contributed by atoms with E-state index in [1.807, 2.05) is 34.5 Å². The number of hydrogen-bond acceptors (Lipinski definition) is 3. The van der Waals surface area contributed by atoms with Crippen molar-refractivity contribution in [3.8, 4) is 0 Å². The molecule has 0 radical (unpaired) electrons. The number of rotatable bonds is 2. The molecule has 0 amide bonds. The molecule has 4 heteroatoms. The van der Waals surface area contributed by atoms with Crippen LogP contribution in [0.5, 0.6) is 0 Å². The topological polar surface area (TPSA) is 34.4 Å². The average Bonchev–Trinajstić information content (AvgIpc) is 2.96. The van der Waals surface area contributed by atoms with E-state index in [1.165, 1.54) is 18.6 Å². The number of aldehydes is 1. The Morgan fingerprint density at radius 3 is 3.25 bits per heavy atom. The van der Waals surface area contributed by atoms with Crippen molar-refractivity contribution in [3.05, 3.63) is 35.8 Å². The van der Waals surface area contributed by atoms with Crippen molar-refractivity contribution in [3.63, 3.8) is 0 Å². The minimum absolute atomic E-state index is 0.541. The Kier molecular flexibility index (Phi) is 2.44. The lowest BCUT2D eigenvalue weighted by molar-refractivity contribution is 0.112. The fourth-order valence-corrected chi connectivity index (χ4v) is 3.29. The lowest BCUT2D eigenvalue weighted by Crippen LogP contribution is -1.87. The van der Waals surface area contributed by atoms with Crippen molar-refractivity contribution in [1.82, 2.24) is 9.38 Å². The van der Waals surface area contributed by atoms with E-state index in [0.717, 1.165) is 17.6 Å². The van der Waals surface area contributed by atoms with Gasteiger partial charge in [0.2, 0.25) is 0 Å². The summed E-state index contributed by atoms with van der Waals surface area (Å²) in [6, 6.07) is 3.64. The SMILES string of the molecule is O=Cc1ccn2cc(C3CCCS3)nc2c1. The zero-order valence-electron chi connectivity index (χ0n) is 8.80. The summed E-state index contributed by atoms with van der Waals surface area (Å²) in [4.78, 5) is 15.3. The first-order valence-corrected chi connectivity index (χ1v) is 6.47. The number of imidazole rings is 1. The standard InChI is InChI=1S/C12H12N2OS/c15-8-9-3-4-14-7-10(13-12(14)6-9)11-2-1-5-16-11/h3-4,6-8,11H,1-2,5H2. The van der Waals surface area contributed by atoms with E-state index in [9.17, 15) is 4.79 Å². The van der Waals surface area contributed by atoms with Crippen LogP contribution in [-0.2, 0) is 0 Å². The molecule has 0 aliphatic carbocycles. The van der Waals surface area contributed by atoms with Gasteiger partial charge in [0.15, 0.2) is 0 Å². The predicted octanol–water partition coefficient (Wildman–Crippen LogP) is 2.71. The van der Waals surface area contributed by atoms with Gasteiger partial charge in [-0.1, -0.05) is 0 Å². The lowest BCUT2D eigenvalue weighted by atomic mass is 10.2. The largest absolute Gasteiger partial charge is 0.307 e. The molecule has 1 unspecified atom stereocenters. The number of aromatic nitrogens is 2. The molecule has 0 saturated carbocycles. The van der Waals surface area contributed by atoms with Gasteiger partial charge >= 0.3 is 0 Å². The number of nitrogens with zero attached hydrogens (tertiary/aromatic N) is 2. The fourth-order valence-electron chi connectivity index (χ4n) is 2.06. The molecule has 1 saturated heterocycles. The lowest BCUT2D eigenvalue weighted by Gasteiger charge is -2.01. The molecule has 2 aromatic heterocycles. The third-order valence-corrected chi connectivity index (χ3v) is 4.30. The smallest absolute Gasteiger partial charge is 0.150 e. The molecule has 3 heterocycles. The zero-order chi connectivity index (χ0) is 11.0. The summed E-state index contributed by atoms with van der Waals surface area (Å²) in [6.45, 7) is 0. The van der Waals surface area contributed by atoms with E-state index >= 15 is 0 Å². The van der Waals surface area contributed by atoms with Gasteiger partial charge in [0.25, 0.3) is 0 Å². The minimum atomic E-state index is 0.541. The van der Waals surface area contributed by atoms with E-state index in [-0.39, 0.29) is 0 Å². The number of carbonyl (C=O) groups is 1. The van der Waals surface area contributed by atoms with Crippen LogP contribution in [0, 0.1) is 0 Å². The Labute approximate surface area is 97.9 Å². The van der Waals surface area contributed by atoms with Crippen LogP contribution in [0.15, 0.2) is 24.5 Å². The first-order chi connectivity index (χ1) is 7.86. The van der Waals surface area contributed by atoms with Gasteiger partial charge in [-0.2, -0.15) is 11.8 Å². The Balaban J connectivity index is 2.04.